The van der Waals surface area contributed by atoms with Crippen LogP contribution >= 0.6 is 0 Å². The van der Waals surface area contributed by atoms with Gasteiger partial charge in [0.05, 0.1) is 0 Å². The van der Waals surface area contributed by atoms with Gasteiger partial charge in [0.15, 0.2) is 0 Å². The predicted molar refractivity (Wildman–Crippen MR) is 78.0 cm³/mol. The van der Waals surface area contributed by atoms with Crippen LogP contribution in [0.25, 0.3) is 0 Å². The average molecular weight is 246 g/mol. The largest absolute Gasteiger partial charge is 0.315 e. The first-order chi connectivity index (χ1) is 8.76. The Morgan fingerprint density at radius 3 is 2.67 bits per heavy atom. The van der Waals surface area contributed by atoms with Crippen LogP contribution in [0.4, 0.5) is 0 Å². The molecule has 0 radical (unpaired) electrons. The van der Waals surface area contributed by atoms with Crippen molar-refractivity contribution in [3.63, 3.8) is 0 Å². The van der Waals surface area contributed by atoms with Gasteiger partial charge in [-0.1, -0.05) is 37.3 Å². The van der Waals surface area contributed by atoms with Crippen molar-refractivity contribution in [1.82, 2.24) is 10.2 Å². The van der Waals surface area contributed by atoms with E-state index in [0.717, 1.165) is 5.92 Å². The molecule has 1 aromatic carbocycles. The van der Waals surface area contributed by atoms with Crippen LogP contribution in [0.15, 0.2) is 30.3 Å². The summed E-state index contributed by atoms with van der Waals surface area (Å²) < 4.78 is 0. The molecule has 0 aromatic heterocycles. The molecule has 1 saturated heterocycles. The first-order valence-electron chi connectivity index (χ1n) is 7.22. The van der Waals surface area contributed by atoms with E-state index in [9.17, 15) is 0 Å². The molecule has 2 rings (SSSR count). The van der Waals surface area contributed by atoms with Crippen molar-refractivity contribution in [2.24, 2.45) is 0 Å². The lowest BCUT2D eigenvalue weighted by Crippen LogP contribution is -2.46. The van der Waals surface area contributed by atoms with E-state index in [1.807, 2.05) is 0 Å². The lowest BCUT2D eigenvalue weighted by atomic mass is 9.98. The minimum atomic E-state index is 0.611. The summed E-state index contributed by atoms with van der Waals surface area (Å²) in [5.41, 5.74) is 1.50. The number of hydrogen-bond acceptors (Lipinski definition) is 2. The molecule has 100 valence electrons. The molecular formula is C16H26N2. The fraction of sp³-hybridized carbons (Fsp3) is 0.625. The Hall–Kier alpha value is -0.860. The van der Waals surface area contributed by atoms with Crippen molar-refractivity contribution in [3.8, 4) is 0 Å². The van der Waals surface area contributed by atoms with Crippen molar-refractivity contribution in [2.45, 2.75) is 44.7 Å². The summed E-state index contributed by atoms with van der Waals surface area (Å²) in [7, 11) is 2.08. The van der Waals surface area contributed by atoms with Crippen molar-refractivity contribution in [3.05, 3.63) is 35.9 Å². The van der Waals surface area contributed by atoms with E-state index in [-0.39, 0.29) is 0 Å². The van der Waals surface area contributed by atoms with E-state index in [4.69, 9.17) is 0 Å². The number of nitrogens with one attached hydrogen (secondary N) is 1. The van der Waals surface area contributed by atoms with Gasteiger partial charge in [0.25, 0.3) is 0 Å². The Labute approximate surface area is 111 Å². The molecular weight excluding hydrogens is 220 g/mol. The molecule has 2 heteroatoms. The second-order valence-corrected chi connectivity index (χ2v) is 5.44. The molecule has 1 fully saturated rings. The Morgan fingerprint density at radius 1 is 1.33 bits per heavy atom. The fourth-order valence-electron chi connectivity index (χ4n) is 3.20. The third kappa shape index (κ3) is 2.93. The molecule has 1 heterocycles. The first kappa shape index (κ1) is 13.6. The van der Waals surface area contributed by atoms with E-state index in [1.165, 1.54) is 31.5 Å². The summed E-state index contributed by atoms with van der Waals surface area (Å²) in [6.45, 7) is 7.07. The third-order valence-electron chi connectivity index (χ3n) is 4.46. The summed E-state index contributed by atoms with van der Waals surface area (Å²) in [5.74, 6) is 0.725. The van der Waals surface area contributed by atoms with Gasteiger partial charge < -0.3 is 5.32 Å². The van der Waals surface area contributed by atoms with Gasteiger partial charge in [0.2, 0.25) is 0 Å². The summed E-state index contributed by atoms with van der Waals surface area (Å²) in [6, 6.07) is 12.2. The van der Waals surface area contributed by atoms with E-state index < -0.39 is 0 Å². The molecule has 1 aliphatic rings. The van der Waals surface area contributed by atoms with Gasteiger partial charge in [-0.05, 0) is 44.8 Å². The molecule has 0 amide bonds. The second kappa shape index (κ2) is 6.35. The van der Waals surface area contributed by atoms with E-state index >= 15 is 0 Å². The molecule has 0 bridgehead atoms. The molecule has 0 saturated carbocycles. The normalized spacial score (nSPS) is 24.1. The zero-order valence-electron chi connectivity index (χ0n) is 11.9. The van der Waals surface area contributed by atoms with E-state index in [1.54, 1.807) is 0 Å². The van der Waals surface area contributed by atoms with Crippen LogP contribution in [0, 0.1) is 0 Å². The first-order valence-corrected chi connectivity index (χ1v) is 7.22. The van der Waals surface area contributed by atoms with Gasteiger partial charge in [-0.3, -0.25) is 4.90 Å². The topological polar surface area (TPSA) is 15.3 Å². The van der Waals surface area contributed by atoms with Crippen molar-refractivity contribution in [2.75, 3.05) is 20.1 Å². The van der Waals surface area contributed by atoms with Gasteiger partial charge in [0.1, 0.15) is 0 Å². The minimum absolute atomic E-state index is 0.611. The van der Waals surface area contributed by atoms with Crippen LogP contribution in [-0.4, -0.2) is 37.1 Å². The zero-order chi connectivity index (χ0) is 13.0. The standard InChI is InChI=1S/C16H26N2/c1-4-16(17-3)13(2)18-11-10-15(12-18)14-8-6-5-7-9-14/h5-9,13,15-17H,4,10-12H2,1-3H3. The van der Waals surface area contributed by atoms with Crippen LogP contribution in [0.1, 0.15) is 38.2 Å². The number of hydrogen-bond donors (Lipinski definition) is 1. The summed E-state index contributed by atoms with van der Waals surface area (Å²) in [6.07, 6.45) is 2.50. The summed E-state index contributed by atoms with van der Waals surface area (Å²) >= 11 is 0. The van der Waals surface area contributed by atoms with Crippen LogP contribution < -0.4 is 5.32 Å². The number of benzene rings is 1. The molecule has 18 heavy (non-hydrogen) atoms. The van der Waals surface area contributed by atoms with Crippen LogP contribution in [0.3, 0.4) is 0 Å². The molecule has 3 atom stereocenters. The highest BCUT2D eigenvalue weighted by Crippen LogP contribution is 2.28. The van der Waals surface area contributed by atoms with Gasteiger partial charge in [-0.2, -0.15) is 0 Å². The predicted octanol–water partition coefficient (Wildman–Crippen LogP) is 2.86. The quantitative estimate of drug-likeness (QED) is 0.859. The van der Waals surface area contributed by atoms with Gasteiger partial charge >= 0.3 is 0 Å². The molecule has 0 aliphatic carbocycles. The Morgan fingerprint density at radius 2 is 2.06 bits per heavy atom. The highest BCUT2D eigenvalue weighted by atomic mass is 15.2. The molecule has 1 aromatic rings. The van der Waals surface area contributed by atoms with Crippen molar-refractivity contribution in [1.29, 1.82) is 0 Å². The smallest absolute Gasteiger partial charge is 0.0221 e. The van der Waals surface area contributed by atoms with Crippen molar-refractivity contribution >= 4 is 0 Å². The van der Waals surface area contributed by atoms with Crippen LogP contribution in [0.5, 0.6) is 0 Å². The average Bonchev–Trinajstić information content (AvgIpc) is 2.90. The van der Waals surface area contributed by atoms with Crippen molar-refractivity contribution < 1.29 is 0 Å². The van der Waals surface area contributed by atoms with E-state index in [2.05, 4.69) is 61.4 Å². The third-order valence-corrected chi connectivity index (χ3v) is 4.46. The van der Waals surface area contributed by atoms with Gasteiger partial charge in [-0.15, -0.1) is 0 Å². The molecule has 2 nitrogen and oxygen atoms in total. The maximum atomic E-state index is 3.44. The van der Waals surface area contributed by atoms with Crippen LogP contribution in [-0.2, 0) is 0 Å². The van der Waals surface area contributed by atoms with Crippen LogP contribution in [0.2, 0.25) is 0 Å². The SMILES string of the molecule is CCC(NC)C(C)N1CCC(c2ccccc2)C1. The lowest BCUT2D eigenvalue weighted by Gasteiger charge is -2.31. The molecule has 1 N–H and O–H groups in total. The molecule has 0 spiro atoms. The fourth-order valence-corrected chi connectivity index (χ4v) is 3.20. The maximum Gasteiger partial charge on any atom is 0.0221 e. The number of likely N-dealkylation sites (N-methyl/N-ethyl adjacent to an activating group) is 1. The number of likely N-dealkylation sites (tertiary alicyclic amines) is 1. The molecule has 3 unspecified atom stereocenters. The number of rotatable bonds is 5. The Bertz CT molecular complexity index is 345. The minimum Gasteiger partial charge on any atom is -0.315 e. The lowest BCUT2D eigenvalue weighted by molar-refractivity contribution is 0.205. The monoisotopic (exact) mass is 246 g/mol. The van der Waals surface area contributed by atoms with E-state index in [0.29, 0.717) is 12.1 Å². The highest BCUT2D eigenvalue weighted by Gasteiger charge is 2.29. The summed E-state index contributed by atoms with van der Waals surface area (Å²) in [5, 5.41) is 3.44. The highest BCUT2D eigenvalue weighted by molar-refractivity contribution is 5.21. The maximum absolute atomic E-state index is 3.44. The second-order valence-electron chi connectivity index (χ2n) is 5.44. The van der Waals surface area contributed by atoms with Gasteiger partial charge in [0, 0.05) is 18.6 Å². The zero-order valence-corrected chi connectivity index (χ0v) is 11.9. The number of nitrogens with zero attached hydrogens (tertiary/aromatic N) is 1. The Kier molecular flexibility index (Phi) is 4.79. The summed E-state index contributed by atoms with van der Waals surface area (Å²) in [4.78, 5) is 2.64. The Balaban J connectivity index is 1.96. The molecule has 1 aliphatic heterocycles. The van der Waals surface area contributed by atoms with Gasteiger partial charge in [-0.25, -0.2) is 0 Å².